The second-order valence-electron chi connectivity index (χ2n) is 3.77. The summed E-state index contributed by atoms with van der Waals surface area (Å²) in [5, 5.41) is 18.2. The fraction of sp³-hybridized carbons (Fsp3) is 0.364. The average molecular weight is 379 g/mol. The van der Waals surface area contributed by atoms with Crippen LogP contribution in [0.2, 0.25) is 0 Å². The molecule has 0 amide bonds. The number of aromatic carboxylic acids is 1. The van der Waals surface area contributed by atoms with Gasteiger partial charge in [0.15, 0.2) is 0 Å². The molecule has 0 radical (unpaired) electrons. The van der Waals surface area contributed by atoms with Gasteiger partial charge in [-0.3, -0.25) is 4.79 Å². The highest BCUT2D eigenvalue weighted by Gasteiger charge is 2.11. The molecule has 0 aliphatic rings. The molecule has 0 unspecified atom stereocenters. The van der Waals surface area contributed by atoms with E-state index < -0.39 is 5.97 Å². The van der Waals surface area contributed by atoms with Gasteiger partial charge in [0.2, 0.25) is 0 Å². The number of rotatable bonds is 4. The summed E-state index contributed by atoms with van der Waals surface area (Å²) in [7, 11) is 0. The van der Waals surface area contributed by atoms with Crippen LogP contribution in [0, 0.1) is 0 Å². The first kappa shape index (κ1) is 29.0. The molecular weight excluding hydrogens is 344 g/mol. The molecule has 0 spiro atoms. The molecule has 2 aromatic rings. The molecule has 0 saturated carbocycles. The van der Waals surface area contributed by atoms with Gasteiger partial charge in [0.25, 0.3) is 0 Å². The molecule has 0 aliphatic heterocycles. The van der Waals surface area contributed by atoms with Crippen LogP contribution in [0.3, 0.4) is 0 Å². The van der Waals surface area contributed by atoms with Crippen LogP contribution in [0.4, 0.5) is 0 Å². The molecular formula is C22H34O5. The fourth-order valence-corrected chi connectivity index (χ4v) is 1.50. The Morgan fingerprint density at radius 3 is 1.67 bits per heavy atom. The maximum absolute atomic E-state index is 10.9. The lowest BCUT2D eigenvalue weighted by atomic mass is 10.2. The standard InChI is InChI=1S/C14H10O5.4C2H6/c15-8-9-1-3-10(4-2-9)19-11-5-6-13(16)12(7-11)14(17)18;4*1-2/h1-8,16H,(H,17,18);4*1-2H3. The summed E-state index contributed by atoms with van der Waals surface area (Å²) in [5.74, 6) is -0.808. The van der Waals surface area contributed by atoms with Gasteiger partial charge in [-0.05, 0) is 42.5 Å². The molecule has 0 aliphatic carbocycles. The lowest BCUT2D eigenvalue weighted by molar-refractivity contribution is 0.0693. The van der Waals surface area contributed by atoms with Crippen molar-refractivity contribution in [3.05, 3.63) is 53.6 Å². The SMILES string of the molecule is CC.CC.CC.CC.O=Cc1ccc(Oc2ccc(O)c(C(=O)O)c2)cc1. The Labute approximate surface area is 163 Å². The highest BCUT2D eigenvalue weighted by Crippen LogP contribution is 2.27. The normalized spacial score (nSPS) is 7.85. The van der Waals surface area contributed by atoms with Gasteiger partial charge in [-0.1, -0.05) is 55.4 Å². The first-order chi connectivity index (χ1) is 13.1. The van der Waals surface area contributed by atoms with Gasteiger partial charge in [0.1, 0.15) is 29.1 Å². The van der Waals surface area contributed by atoms with Crippen molar-refractivity contribution in [2.45, 2.75) is 55.4 Å². The molecule has 0 fully saturated rings. The van der Waals surface area contributed by atoms with Crippen molar-refractivity contribution in [3.8, 4) is 17.2 Å². The number of carboxylic acid groups (broad SMARTS) is 1. The molecule has 2 N–H and O–H groups in total. The molecule has 2 aromatic carbocycles. The van der Waals surface area contributed by atoms with E-state index in [-0.39, 0.29) is 17.1 Å². The Morgan fingerprint density at radius 1 is 0.815 bits per heavy atom. The number of ether oxygens (including phenoxy) is 1. The van der Waals surface area contributed by atoms with Crippen molar-refractivity contribution < 1.29 is 24.5 Å². The second-order valence-corrected chi connectivity index (χ2v) is 3.77. The van der Waals surface area contributed by atoms with Crippen molar-refractivity contribution in [2.75, 3.05) is 0 Å². The number of aromatic hydroxyl groups is 1. The summed E-state index contributed by atoms with van der Waals surface area (Å²) in [6.45, 7) is 16.0. The average Bonchev–Trinajstić information content (AvgIpc) is 2.75. The third kappa shape index (κ3) is 11.4. The van der Waals surface area contributed by atoms with Crippen molar-refractivity contribution in [3.63, 3.8) is 0 Å². The van der Waals surface area contributed by atoms with Gasteiger partial charge >= 0.3 is 5.97 Å². The van der Waals surface area contributed by atoms with Gasteiger partial charge in [0, 0.05) is 5.56 Å². The van der Waals surface area contributed by atoms with Crippen LogP contribution in [0.25, 0.3) is 0 Å². The topological polar surface area (TPSA) is 83.8 Å². The van der Waals surface area contributed by atoms with Gasteiger partial charge in [-0.25, -0.2) is 4.79 Å². The van der Waals surface area contributed by atoms with E-state index in [2.05, 4.69) is 0 Å². The van der Waals surface area contributed by atoms with Crippen LogP contribution in [0.15, 0.2) is 42.5 Å². The molecule has 5 heteroatoms. The van der Waals surface area contributed by atoms with E-state index in [9.17, 15) is 14.7 Å². The zero-order valence-electron chi connectivity index (χ0n) is 17.7. The number of hydrogen-bond acceptors (Lipinski definition) is 4. The Hall–Kier alpha value is -2.82. The van der Waals surface area contributed by atoms with E-state index in [1.165, 1.54) is 18.2 Å². The molecule has 2 rings (SSSR count). The van der Waals surface area contributed by atoms with Crippen molar-refractivity contribution in [1.82, 2.24) is 0 Å². The Morgan fingerprint density at radius 2 is 1.26 bits per heavy atom. The lowest BCUT2D eigenvalue weighted by Gasteiger charge is -2.07. The van der Waals surface area contributed by atoms with Crippen LogP contribution in [-0.2, 0) is 0 Å². The molecule has 152 valence electrons. The Balaban J connectivity index is -0.000000638. The van der Waals surface area contributed by atoms with Crippen LogP contribution in [-0.4, -0.2) is 22.5 Å². The van der Waals surface area contributed by atoms with Crippen molar-refractivity contribution >= 4 is 12.3 Å². The summed E-state index contributed by atoms with van der Waals surface area (Å²) < 4.78 is 5.43. The number of carboxylic acids is 1. The number of benzene rings is 2. The number of aldehydes is 1. The quantitative estimate of drug-likeness (QED) is 0.571. The summed E-state index contributed by atoms with van der Waals surface area (Å²) in [4.78, 5) is 21.4. The summed E-state index contributed by atoms with van der Waals surface area (Å²) in [6, 6.07) is 10.3. The van der Waals surface area contributed by atoms with Crippen LogP contribution in [0.1, 0.15) is 76.1 Å². The third-order valence-corrected chi connectivity index (χ3v) is 2.45. The Kier molecular flexibility index (Phi) is 20.9. The van der Waals surface area contributed by atoms with Crippen LogP contribution >= 0.6 is 0 Å². The van der Waals surface area contributed by atoms with Crippen LogP contribution < -0.4 is 4.74 Å². The van der Waals surface area contributed by atoms with E-state index in [1.54, 1.807) is 24.3 Å². The van der Waals surface area contributed by atoms with Gasteiger partial charge in [-0.15, -0.1) is 0 Å². The summed E-state index contributed by atoms with van der Waals surface area (Å²) in [6.07, 6.45) is 0.715. The molecule has 5 nitrogen and oxygen atoms in total. The van der Waals surface area contributed by atoms with Gasteiger partial charge in [0.05, 0.1) is 0 Å². The van der Waals surface area contributed by atoms with Crippen molar-refractivity contribution in [2.24, 2.45) is 0 Å². The molecule has 27 heavy (non-hydrogen) atoms. The second kappa shape index (κ2) is 19.5. The number of carbonyl (C=O) groups excluding carboxylic acids is 1. The fourth-order valence-electron chi connectivity index (χ4n) is 1.50. The summed E-state index contributed by atoms with van der Waals surface area (Å²) in [5.41, 5.74) is 0.284. The molecule has 0 atom stereocenters. The molecule has 0 aromatic heterocycles. The van der Waals surface area contributed by atoms with Gasteiger partial charge < -0.3 is 14.9 Å². The minimum atomic E-state index is -1.24. The predicted octanol–water partition coefficient (Wildman–Crippen LogP) is 6.80. The molecule has 0 saturated heterocycles. The maximum atomic E-state index is 10.9. The highest BCUT2D eigenvalue weighted by atomic mass is 16.5. The first-order valence-electron chi connectivity index (χ1n) is 9.39. The predicted molar refractivity (Wildman–Crippen MR) is 112 cm³/mol. The first-order valence-corrected chi connectivity index (χ1v) is 9.39. The zero-order valence-corrected chi connectivity index (χ0v) is 17.7. The third-order valence-electron chi connectivity index (χ3n) is 2.45. The number of phenols is 1. The number of hydrogen-bond donors (Lipinski definition) is 2. The highest BCUT2D eigenvalue weighted by molar-refractivity contribution is 5.91. The smallest absolute Gasteiger partial charge is 0.339 e. The monoisotopic (exact) mass is 378 g/mol. The zero-order chi connectivity index (χ0) is 21.8. The largest absolute Gasteiger partial charge is 0.507 e. The minimum absolute atomic E-state index is 0.234. The molecule has 0 bridgehead atoms. The van der Waals surface area contributed by atoms with E-state index in [4.69, 9.17) is 9.84 Å². The minimum Gasteiger partial charge on any atom is -0.507 e. The van der Waals surface area contributed by atoms with E-state index >= 15 is 0 Å². The van der Waals surface area contributed by atoms with E-state index in [1.807, 2.05) is 55.4 Å². The maximum Gasteiger partial charge on any atom is 0.339 e. The lowest BCUT2D eigenvalue weighted by Crippen LogP contribution is -1.97. The van der Waals surface area contributed by atoms with E-state index in [0.717, 1.165) is 0 Å². The summed E-state index contributed by atoms with van der Waals surface area (Å²) >= 11 is 0. The number of carbonyl (C=O) groups is 2. The van der Waals surface area contributed by atoms with E-state index in [0.29, 0.717) is 17.6 Å². The van der Waals surface area contributed by atoms with Gasteiger partial charge in [-0.2, -0.15) is 0 Å². The Bertz CT molecular complexity index is 619. The molecule has 0 heterocycles. The van der Waals surface area contributed by atoms with Crippen LogP contribution in [0.5, 0.6) is 17.2 Å². The van der Waals surface area contributed by atoms with Crippen molar-refractivity contribution in [1.29, 1.82) is 0 Å².